The lowest BCUT2D eigenvalue weighted by Gasteiger charge is -2.06. The number of nitrogens with one attached hydrogen (secondary N) is 1. The number of hydrogen-bond acceptors (Lipinski definition) is 8. The molecule has 2 aromatic rings. The molecule has 0 atom stereocenters. The van der Waals surface area contributed by atoms with E-state index >= 15 is 0 Å². The van der Waals surface area contributed by atoms with E-state index in [1.807, 2.05) is 0 Å². The predicted octanol–water partition coefficient (Wildman–Crippen LogP) is 2.51. The number of alkyl halides is 3. The van der Waals surface area contributed by atoms with Crippen LogP contribution in [0, 0.1) is 10.1 Å². The average molecular weight is 347 g/mol. The molecule has 1 N–H and O–H groups in total. The second-order valence-corrected chi connectivity index (χ2v) is 4.39. The first kappa shape index (κ1) is 17.6. The summed E-state index contributed by atoms with van der Waals surface area (Å²) in [7, 11) is 0. The first-order chi connectivity index (χ1) is 11.3. The van der Waals surface area contributed by atoms with Crippen LogP contribution < -0.4 is 5.32 Å². The van der Waals surface area contributed by atoms with Gasteiger partial charge in [-0.15, -0.1) is 0 Å². The van der Waals surface area contributed by atoms with Gasteiger partial charge >= 0.3 is 17.8 Å². The Kier molecular flexibility index (Phi) is 5.28. The minimum atomic E-state index is -4.80. The zero-order chi connectivity index (χ0) is 17.7. The number of halogens is 3. The molecule has 0 unspecified atom stereocenters. The second-order valence-electron chi connectivity index (χ2n) is 4.39. The van der Waals surface area contributed by atoms with Gasteiger partial charge < -0.3 is 14.6 Å². The Morgan fingerprint density at radius 3 is 2.79 bits per heavy atom. The molecule has 12 heteroatoms. The van der Waals surface area contributed by atoms with E-state index < -0.39 is 28.5 Å². The van der Waals surface area contributed by atoms with Crippen LogP contribution in [0.5, 0.6) is 0 Å². The topological polar surface area (TPSA) is 116 Å². The van der Waals surface area contributed by atoms with Crippen LogP contribution >= 0.6 is 0 Å². The van der Waals surface area contributed by atoms with Crippen LogP contribution in [0.25, 0.3) is 11.4 Å². The van der Waals surface area contributed by atoms with Crippen molar-refractivity contribution in [1.29, 1.82) is 0 Å². The molecule has 130 valence electrons. The number of nitro groups is 1. The Labute approximate surface area is 133 Å². The first-order valence-electron chi connectivity index (χ1n) is 6.70. The Bertz CT molecular complexity index is 719. The maximum atomic E-state index is 12.4. The van der Waals surface area contributed by atoms with E-state index in [1.54, 1.807) is 6.92 Å². The molecular formula is C12H12F3N5O4. The molecule has 0 aliphatic carbocycles. The van der Waals surface area contributed by atoms with Crippen molar-refractivity contribution < 1.29 is 27.4 Å². The molecule has 0 saturated carbocycles. The van der Waals surface area contributed by atoms with Gasteiger partial charge in [-0.3, -0.25) is 10.1 Å². The summed E-state index contributed by atoms with van der Waals surface area (Å²) in [4.78, 5) is 17.4. The van der Waals surface area contributed by atoms with Crippen LogP contribution in [0.3, 0.4) is 0 Å². The lowest BCUT2D eigenvalue weighted by molar-refractivity contribution is -0.384. The molecule has 2 heterocycles. The fraction of sp³-hybridized carbons (Fsp3) is 0.417. The highest BCUT2D eigenvalue weighted by Gasteiger charge is 2.38. The predicted molar refractivity (Wildman–Crippen MR) is 74.2 cm³/mol. The molecule has 0 radical (unpaired) electrons. The third-order valence-corrected chi connectivity index (χ3v) is 2.73. The SMILES string of the molecule is CCOCCNc1ncc(-c2noc(C(F)(F)F)n2)cc1[N+](=O)[O-]. The van der Waals surface area contributed by atoms with E-state index in [0.29, 0.717) is 13.2 Å². The van der Waals surface area contributed by atoms with Crippen molar-refractivity contribution in [3.63, 3.8) is 0 Å². The third-order valence-electron chi connectivity index (χ3n) is 2.73. The zero-order valence-corrected chi connectivity index (χ0v) is 12.3. The number of hydrogen-bond donors (Lipinski definition) is 1. The zero-order valence-electron chi connectivity index (χ0n) is 12.3. The normalized spacial score (nSPS) is 11.5. The number of rotatable bonds is 7. The lowest BCUT2D eigenvalue weighted by atomic mass is 10.2. The maximum Gasteiger partial charge on any atom is 0.471 e. The molecule has 0 aromatic carbocycles. The largest absolute Gasteiger partial charge is 0.471 e. The minimum absolute atomic E-state index is 0.0389. The van der Waals surface area contributed by atoms with Crippen LogP contribution in [0.2, 0.25) is 0 Å². The molecule has 0 aliphatic heterocycles. The molecule has 24 heavy (non-hydrogen) atoms. The summed E-state index contributed by atoms with van der Waals surface area (Å²) < 4.78 is 46.5. The van der Waals surface area contributed by atoms with Crippen LogP contribution in [0.15, 0.2) is 16.8 Å². The van der Waals surface area contributed by atoms with Crippen LogP contribution in [0.4, 0.5) is 24.7 Å². The Morgan fingerprint density at radius 2 is 2.21 bits per heavy atom. The molecule has 0 spiro atoms. The van der Waals surface area contributed by atoms with E-state index in [4.69, 9.17) is 4.74 Å². The Hall–Kier alpha value is -2.76. The highest BCUT2D eigenvalue weighted by Crippen LogP contribution is 2.31. The summed E-state index contributed by atoms with van der Waals surface area (Å²) in [6.45, 7) is 2.89. The third kappa shape index (κ3) is 4.16. The van der Waals surface area contributed by atoms with Gasteiger partial charge in [0, 0.05) is 31.0 Å². The quantitative estimate of drug-likeness (QED) is 0.461. The summed E-state index contributed by atoms with van der Waals surface area (Å²) in [5.74, 6) is -2.03. The van der Waals surface area contributed by atoms with Gasteiger partial charge in [0.05, 0.1) is 11.5 Å². The van der Waals surface area contributed by atoms with Crippen LogP contribution in [0.1, 0.15) is 12.8 Å². The van der Waals surface area contributed by atoms with Crippen LogP contribution in [-0.2, 0) is 10.9 Å². The molecular weight excluding hydrogens is 335 g/mol. The molecule has 2 aromatic heterocycles. The van der Waals surface area contributed by atoms with Gasteiger partial charge in [0.2, 0.25) is 11.6 Å². The molecule has 9 nitrogen and oxygen atoms in total. The van der Waals surface area contributed by atoms with Gasteiger partial charge in [0.15, 0.2) is 0 Å². The number of nitrogens with zero attached hydrogens (tertiary/aromatic N) is 4. The van der Waals surface area contributed by atoms with Crippen molar-refractivity contribution in [2.45, 2.75) is 13.1 Å². The average Bonchev–Trinajstić information content (AvgIpc) is 3.01. The van der Waals surface area contributed by atoms with Crippen molar-refractivity contribution in [3.05, 3.63) is 28.3 Å². The second kappa shape index (κ2) is 7.21. The van der Waals surface area contributed by atoms with Gasteiger partial charge in [-0.1, -0.05) is 5.16 Å². The van der Waals surface area contributed by atoms with Crippen molar-refractivity contribution in [2.24, 2.45) is 0 Å². The molecule has 0 fully saturated rings. The number of ether oxygens (including phenoxy) is 1. The number of aromatic nitrogens is 3. The number of pyridine rings is 1. The summed E-state index contributed by atoms with van der Waals surface area (Å²) in [5, 5.41) is 17.0. The Morgan fingerprint density at radius 1 is 1.46 bits per heavy atom. The van der Waals surface area contributed by atoms with E-state index in [0.717, 1.165) is 12.3 Å². The monoisotopic (exact) mass is 347 g/mol. The Balaban J connectivity index is 2.25. The van der Waals surface area contributed by atoms with E-state index in [1.165, 1.54) is 0 Å². The smallest absolute Gasteiger partial charge is 0.380 e. The van der Waals surface area contributed by atoms with Gasteiger partial charge in [0.1, 0.15) is 0 Å². The van der Waals surface area contributed by atoms with Gasteiger partial charge in [-0.25, -0.2) is 4.98 Å². The summed E-state index contributed by atoms with van der Waals surface area (Å²) in [5.41, 5.74) is -0.501. The summed E-state index contributed by atoms with van der Waals surface area (Å²) >= 11 is 0. The van der Waals surface area contributed by atoms with Crippen LogP contribution in [-0.4, -0.2) is 39.8 Å². The first-order valence-corrected chi connectivity index (χ1v) is 6.70. The van der Waals surface area contributed by atoms with E-state index in [9.17, 15) is 23.3 Å². The molecule has 2 rings (SSSR count). The van der Waals surface area contributed by atoms with Crippen molar-refractivity contribution in [3.8, 4) is 11.4 Å². The number of anilines is 1. The molecule has 0 bridgehead atoms. The minimum Gasteiger partial charge on any atom is -0.380 e. The highest BCUT2D eigenvalue weighted by molar-refractivity contribution is 5.65. The maximum absolute atomic E-state index is 12.4. The fourth-order valence-electron chi connectivity index (χ4n) is 1.69. The highest BCUT2D eigenvalue weighted by atomic mass is 19.4. The summed E-state index contributed by atoms with van der Waals surface area (Å²) in [6.07, 6.45) is -3.69. The van der Waals surface area contributed by atoms with Crippen molar-refractivity contribution in [1.82, 2.24) is 15.1 Å². The molecule has 0 amide bonds. The lowest BCUT2D eigenvalue weighted by Crippen LogP contribution is -2.11. The standard InChI is InChI=1S/C12H12F3N5O4/c1-2-23-4-3-16-10-8(20(21)22)5-7(6-17-10)9-18-11(24-19-9)12(13,14)15/h5-6H,2-4H2,1H3,(H,16,17). The van der Waals surface area contributed by atoms with E-state index in [2.05, 4.69) is 25.0 Å². The van der Waals surface area contributed by atoms with E-state index in [-0.39, 0.29) is 17.9 Å². The van der Waals surface area contributed by atoms with Gasteiger partial charge in [-0.2, -0.15) is 18.2 Å². The molecule has 0 saturated heterocycles. The fourth-order valence-corrected chi connectivity index (χ4v) is 1.69. The van der Waals surface area contributed by atoms with Crippen molar-refractivity contribution in [2.75, 3.05) is 25.1 Å². The summed E-state index contributed by atoms with van der Waals surface area (Å²) in [6, 6.07) is 1.01. The van der Waals surface area contributed by atoms with Gasteiger partial charge in [0.25, 0.3) is 0 Å². The van der Waals surface area contributed by atoms with Crippen molar-refractivity contribution >= 4 is 11.5 Å². The molecule has 0 aliphatic rings. The van der Waals surface area contributed by atoms with Gasteiger partial charge in [-0.05, 0) is 6.92 Å².